The number of piperazine rings is 1. The molecule has 2 aromatic carbocycles. The fraction of sp³-hybridized carbons (Fsp3) is 0.182. The van der Waals surface area contributed by atoms with E-state index < -0.39 is 15.8 Å². The normalized spacial score (nSPS) is 14.8. The van der Waals surface area contributed by atoms with E-state index in [0.717, 1.165) is 6.07 Å². The molecule has 32 heavy (non-hydrogen) atoms. The van der Waals surface area contributed by atoms with Gasteiger partial charge in [0.15, 0.2) is 0 Å². The average molecular weight is 474 g/mol. The maximum atomic E-state index is 14.0. The van der Waals surface area contributed by atoms with Gasteiger partial charge in [-0.05, 0) is 35.7 Å². The fourth-order valence-electron chi connectivity index (χ4n) is 3.46. The number of halogens is 1. The number of carbonyl (C=O) groups excluding carboxylic acids is 2. The number of thiophene rings is 1. The molecule has 0 saturated carbocycles. The highest BCUT2D eigenvalue weighted by atomic mass is 32.2. The zero-order valence-electron chi connectivity index (χ0n) is 16.9. The lowest BCUT2D eigenvalue weighted by Crippen LogP contribution is -2.50. The second kappa shape index (κ2) is 9.19. The van der Waals surface area contributed by atoms with Gasteiger partial charge in [0.25, 0.3) is 11.8 Å². The van der Waals surface area contributed by atoms with E-state index in [9.17, 15) is 22.4 Å². The predicted octanol–water partition coefficient (Wildman–Crippen LogP) is 3.29. The molecule has 1 fully saturated rings. The first-order chi connectivity index (χ1) is 15.4. The van der Waals surface area contributed by atoms with Crippen molar-refractivity contribution in [2.45, 2.75) is 4.90 Å². The quantitative estimate of drug-likeness (QED) is 0.616. The van der Waals surface area contributed by atoms with Gasteiger partial charge < -0.3 is 10.2 Å². The molecule has 1 aliphatic rings. The third kappa shape index (κ3) is 4.43. The van der Waals surface area contributed by atoms with Gasteiger partial charge in [-0.1, -0.05) is 24.3 Å². The van der Waals surface area contributed by atoms with E-state index in [2.05, 4.69) is 5.32 Å². The largest absolute Gasteiger partial charge is 0.336 e. The number of anilines is 1. The van der Waals surface area contributed by atoms with Gasteiger partial charge in [0.1, 0.15) is 10.7 Å². The van der Waals surface area contributed by atoms with Crippen molar-refractivity contribution in [2.75, 3.05) is 31.5 Å². The Morgan fingerprint density at radius 2 is 1.62 bits per heavy atom. The van der Waals surface area contributed by atoms with Crippen LogP contribution in [-0.2, 0) is 10.0 Å². The molecule has 166 valence electrons. The Labute approximate surface area is 189 Å². The Bertz CT molecular complexity index is 1240. The Hall–Kier alpha value is -3.08. The summed E-state index contributed by atoms with van der Waals surface area (Å²) in [5, 5.41) is 6.28. The Kier molecular flexibility index (Phi) is 6.35. The maximum absolute atomic E-state index is 14.0. The van der Waals surface area contributed by atoms with Crippen molar-refractivity contribution in [3.63, 3.8) is 0 Å². The lowest BCUT2D eigenvalue weighted by molar-refractivity contribution is 0.0698. The zero-order chi connectivity index (χ0) is 22.7. The number of nitrogens with zero attached hydrogens (tertiary/aromatic N) is 2. The van der Waals surface area contributed by atoms with Gasteiger partial charge in [-0.2, -0.15) is 15.6 Å². The van der Waals surface area contributed by atoms with Crippen molar-refractivity contribution in [1.29, 1.82) is 0 Å². The third-order valence-electron chi connectivity index (χ3n) is 5.17. The number of nitrogens with one attached hydrogen (secondary N) is 1. The number of carbonyl (C=O) groups is 2. The molecule has 0 aliphatic carbocycles. The molecular weight excluding hydrogens is 453 g/mol. The highest BCUT2D eigenvalue weighted by Gasteiger charge is 2.32. The standard InChI is InChI=1S/C22H20FN3O4S2/c23-18-6-2-4-8-20(18)32(29,30)26-12-10-25(11-13-26)22(28)17-5-1-3-7-19(17)24-21(27)16-9-14-31-15-16/h1-9,14-15H,10-13H2,(H,24,27). The van der Waals surface area contributed by atoms with Crippen LogP contribution in [0, 0.1) is 5.82 Å². The van der Waals surface area contributed by atoms with Crippen LogP contribution >= 0.6 is 11.3 Å². The molecule has 7 nitrogen and oxygen atoms in total. The highest BCUT2D eigenvalue weighted by molar-refractivity contribution is 7.89. The smallest absolute Gasteiger partial charge is 0.256 e. The van der Waals surface area contributed by atoms with Gasteiger partial charge in [-0.25, -0.2) is 12.8 Å². The van der Waals surface area contributed by atoms with Crippen molar-refractivity contribution >= 4 is 38.9 Å². The fourth-order valence-corrected chi connectivity index (χ4v) is 5.58. The Morgan fingerprint density at radius 3 is 2.31 bits per heavy atom. The van der Waals surface area contributed by atoms with Gasteiger partial charge in [0, 0.05) is 31.6 Å². The molecule has 1 aromatic heterocycles. The number of sulfonamides is 1. The van der Waals surface area contributed by atoms with Crippen LogP contribution in [0.4, 0.5) is 10.1 Å². The summed E-state index contributed by atoms with van der Waals surface area (Å²) in [7, 11) is -3.99. The van der Waals surface area contributed by atoms with Crippen LogP contribution < -0.4 is 5.32 Å². The minimum Gasteiger partial charge on any atom is -0.336 e. The summed E-state index contributed by atoms with van der Waals surface area (Å²) in [6.45, 7) is 0.399. The van der Waals surface area contributed by atoms with Gasteiger partial charge in [-0.3, -0.25) is 9.59 Å². The number of amides is 2. The van der Waals surface area contributed by atoms with Gasteiger partial charge in [-0.15, -0.1) is 0 Å². The summed E-state index contributed by atoms with van der Waals surface area (Å²) in [4.78, 5) is 26.7. The van der Waals surface area contributed by atoms with E-state index in [1.807, 2.05) is 0 Å². The summed E-state index contributed by atoms with van der Waals surface area (Å²) < 4.78 is 40.7. The number of rotatable bonds is 5. The second-order valence-corrected chi connectivity index (χ2v) is 9.82. The van der Waals surface area contributed by atoms with Crippen LogP contribution in [-0.4, -0.2) is 55.6 Å². The molecule has 3 aromatic rings. The number of hydrogen-bond acceptors (Lipinski definition) is 5. The zero-order valence-corrected chi connectivity index (χ0v) is 18.5. The SMILES string of the molecule is O=C(Nc1ccccc1C(=O)N1CCN(S(=O)(=O)c2ccccc2F)CC1)c1ccsc1. The molecule has 1 aliphatic heterocycles. The lowest BCUT2D eigenvalue weighted by atomic mass is 10.1. The van der Waals surface area contributed by atoms with Crippen LogP contribution in [0.2, 0.25) is 0 Å². The first kappa shape index (κ1) is 22.1. The molecule has 0 unspecified atom stereocenters. The van der Waals surface area contributed by atoms with E-state index in [4.69, 9.17) is 0 Å². The van der Waals surface area contributed by atoms with Crippen LogP contribution in [0.25, 0.3) is 0 Å². The maximum Gasteiger partial charge on any atom is 0.256 e. The predicted molar refractivity (Wildman–Crippen MR) is 120 cm³/mol. The molecule has 0 spiro atoms. The molecular formula is C22H20FN3O4S2. The average Bonchev–Trinajstić information content (AvgIpc) is 3.34. The van der Waals surface area contributed by atoms with E-state index in [0.29, 0.717) is 16.8 Å². The summed E-state index contributed by atoms with van der Waals surface area (Å²) in [6, 6.07) is 13.6. The second-order valence-electron chi connectivity index (χ2n) is 7.14. The number of para-hydroxylation sites is 1. The molecule has 4 rings (SSSR count). The lowest BCUT2D eigenvalue weighted by Gasteiger charge is -2.34. The van der Waals surface area contributed by atoms with Crippen LogP contribution in [0.1, 0.15) is 20.7 Å². The van der Waals surface area contributed by atoms with Gasteiger partial charge in [0.2, 0.25) is 10.0 Å². The molecule has 2 amide bonds. The summed E-state index contributed by atoms with van der Waals surface area (Å²) in [6.07, 6.45) is 0. The van der Waals surface area contributed by atoms with Gasteiger partial charge in [0.05, 0.1) is 16.8 Å². The summed E-state index contributed by atoms with van der Waals surface area (Å²) in [5.74, 6) is -1.43. The Balaban J connectivity index is 1.46. The number of hydrogen-bond donors (Lipinski definition) is 1. The van der Waals surface area contributed by atoms with Crippen LogP contribution in [0.5, 0.6) is 0 Å². The van der Waals surface area contributed by atoms with Crippen molar-refractivity contribution < 1.29 is 22.4 Å². The van der Waals surface area contributed by atoms with Crippen LogP contribution in [0.15, 0.2) is 70.3 Å². The molecule has 0 atom stereocenters. The highest BCUT2D eigenvalue weighted by Crippen LogP contribution is 2.23. The van der Waals surface area contributed by atoms with E-state index in [1.165, 1.54) is 38.7 Å². The van der Waals surface area contributed by atoms with Gasteiger partial charge >= 0.3 is 0 Å². The molecule has 0 radical (unpaired) electrons. The molecule has 1 saturated heterocycles. The van der Waals surface area contributed by atoms with E-state index in [1.54, 1.807) is 41.1 Å². The van der Waals surface area contributed by atoms with Crippen molar-refractivity contribution in [1.82, 2.24) is 9.21 Å². The molecule has 2 heterocycles. The monoisotopic (exact) mass is 473 g/mol. The Morgan fingerprint density at radius 1 is 0.938 bits per heavy atom. The minimum atomic E-state index is -3.99. The van der Waals surface area contributed by atoms with E-state index in [-0.39, 0.29) is 42.9 Å². The molecule has 0 bridgehead atoms. The summed E-state index contributed by atoms with van der Waals surface area (Å²) >= 11 is 1.40. The molecule has 1 N–H and O–H groups in total. The third-order valence-corrected chi connectivity index (χ3v) is 7.78. The van der Waals surface area contributed by atoms with Crippen molar-refractivity contribution in [3.05, 3.63) is 82.3 Å². The minimum absolute atomic E-state index is 0.0475. The van der Waals surface area contributed by atoms with Crippen molar-refractivity contribution in [2.24, 2.45) is 0 Å². The topological polar surface area (TPSA) is 86.8 Å². The first-order valence-electron chi connectivity index (χ1n) is 9.84. The van der Waals surface area contributed by atoms with Crippen LogP contribution in [0.3, 0.4) is 0 Å². The number of benzene rings is 2. The molecule has 10 heteroatoms. The summed E-state index contributed by atoms with van der Waals surface area (Å²) in [5.41, 5.74) is 1.21. The first-order valence-corrected chi connectivity index (χ1v) is 12.2. The van der Waals surface area contributed by atoms with E-state index >= 15 is 0 Å². The van der Waals surface area contributed by atoms with Crippen molar-refractivity contribution in [3.8, 4) is 0 Å².